The molecule has 1 aromatic carbocycles. The Morgan fingerprint density at radius 1 is 1.40 bits per heavy atom. The number of anilines is 1. The number of aliphatic hydroxyl groups is 1. The molecule has 1 rings (SSSR count). The molecule has 4 heteroatoms. The van der Waals surface area contributed by atoms with E-state index < -0.39 is 6.10 Å². The molecule has 1 aromatic rings. The van der Waals surface area contributed by atoms with Crippen molar-refractivity contribution in [3.05, 3.63) is 24.3 Å². The van der Waals surface area contributed by atoms with Crippen LogP contribution in [0.25, 0.3) is 0 Å². The number of nitrogens with one attached hydrogen (secondary N) is 1. The van der Waals surface area contributed by atoms with Gasteiger partial charge in [0.1, 0.15) is 18.5 Å². The highest BCUT2D eigenvalue weighted by molar-refractivity contribution is 5.41. The fourth-order valence-corrected chi connectivity index (χ4v) is 1.13. The first-order valence-electron chi connectivity index (χ1n) is 5.09. The molecule has 0 spiro atoms. The molecule has 0 bridgehead atoms. The van der Waals surface area contributed by atoms with E-state index in [1.165, 1.54) is 0 Å². The fourth-order valence-electron chi connectivity index (χ4n) is 1.13. The molecular formula is C11H18N2O2. The van der Waals surface area contributed by atoms with Crippen molar-refractivity contribution in [3.63, 3.8) is 0 Å². The summed E-state index contributed by atoms with van der Waals surface area (Å²) in [6, 6.07) is 7.11. The van der Waals surface area contributed by atoms with Gasteiger partial charge < -0.3 is 20.9 Å². The number of likely N-dealkylation sites (N-methyl/N-ethyl adjacent to an activating group) is 1. The summed E-state index contributed by atoms with van der Waals surface area (Å²) in [7, 11) is 0. The summed E-state index contributed by atoms with van der Waals surface area (Å²) in [4.78, 5) is 0. The van der Waals surface area contributed by atoms with E-state index in [9.17, 15) is 5.11 Å². The molecule has 84 valence electrons. The minimum Gasteiger partial charge on any atom is -0.491 e. The van der Waals surface area contributed by atoms with Crippen molar-refractivity contribution in [2.75, 3.05) is 25.4 Å². The second kappa shape index (κ2) is 6.27. The van der Waals surface area contributed by atoms with Gasteiger partial charge in [0, 0.05) is 12.2 Å². The van der Waals surface area contributed by atoms with Gasteiger partial charge in [0.25, 0.3) is 0 Å². The molecule has 0 radical (unpaired) electrons. The number of hydrogen-bond acceptors (Lipinski definition) is 4. The third-order valence-electron chi connectivity index (χ3n) is 1.95. The Morgan fingerprint density at radius 3 is 2.67 bits per heavy atom. The summed E-state index contributed by atoms with van der Waals surface area (Å²) in [6.45, 7) is 3.68. The van der Waals surface area contributed by atoms with Gasteiger partial charge in [-0.25, -0.2) is 0 Å². The van der Waals surface area contributed by atoms with Crippen molar-refractivity contribution in [2.45, 2.75) is 13.0 Å². The standard InChI is InChI=1S/C11H18N2O2/c1-2-13-7-10(14)8-15-11-5-3-9(12)4-6-11/h3-6,10,13-14H,2,7-8,12H2,1H3. The lowest BCUT2D eigenvalue weighted by molar-refractivity contribution is 0.107. The summed E-state index contributed by atoms with van der Waals surface area (Å²) < 4.78 is 5.37. The van der Waals surface area contributed by atoms with Crippen LogP contribution < -0.4 is 15.8 Å². The molecule has 1 atom stereocenters. The molecule has 0 amide bonds. The van der Waals surface area contributed by atoms with Crippen LogP contribution in [0.2, 0.25) is 0 Å². The second-order valence-corrected chi connectivity index (χ2v) is 3.34. The zero-order valence-corrected chi connectivity index (χ0v) is 8.94. The van der Waals surface area contributed by atoms with Gasteiger partial charge in [0.05, 0.1) is 0 Å². The molecule has 0 heterocycles. The highest BCUT2D eigenvalue weighted by Gasteiger charge is 2.03. The van der Waals surface area contributed by atoms with E-state index in [2.05, 4.69) is 5.32 Å². The van der Waals surface area contributed by atoms with E-state index in [4.69, 9.17) is 10.5 Å². The summed E-state index contributed by atoms with van der Waals surface area (Å²) >= 11 is 0. The summed E-state index contributed by atoms with van der Waals surface area (Å²) in [5.74, 6) is 0.722. The van der Waals surface area contributed by atoms with Crippen molar-refractivity contribution < 1.29 is 9.84 Å². The second-order valence-electron chi connectivity index (χ2n) is 3.34. The Balaban J connectivity index is 2.27. The minimum atomic E-state index is -0.484. The normalized spacial score (nSPS) is 12.4. The van der Waals surface area contributed by atoms with Gasteiger partial charge in [-0.15, -0.1) is 0 Å². The molecule has 0 aliphatic carbocycles. The average molecular weight is 210 g/mol. The van der Waals surface area contributed by atoms with Crippen LogP contribution in [0.1, 0.15) is 6.92 Å². The monoisotopic (exact) mass is 210 g/mol. The highest BCUT2D eigenvalue weighted by Crippen LogP contribution is 2.12. The Labute approximate surface area is 90.1 Å². The van der Waals surface area contributed by atoms with Gasteiger partial charge in [0.2, 0.25) is 0 Å². The fraction of sp³-hybridized carbons (Fsp3) is 0.455. The molecule has 4 N–H and O–H groups in total. The van der Waals surface area contributed by atoms with E-state index in [0.29, 0.717) is 12.2 Å². The van der Waals surface area contributed by atoms with Crippen molar-refractivity contribution in [2.24, 2.45) is 0 Å². The summed E-state index contributed by atoms with van der Waals surface area (Å²) in [5, 5.41) is 12.5. The summed E-state index contributed by atoms with van der Waals surface area (Å²) in [6.07, 6.45) is -0.484. The number of ether oxygens (including phenoxy) is 1. The maximum atomic E-state index is 9.48. The van der Waals surface area contributed by atoms with E-state index in [0.717, 1.165) is 12.3 Å². The molecule has 15 heavy (non-hydrogen) atoms. The van der Waals surface area contributed by atoms with Crippen LogP contribution in [0.15, 0.2) is 24.3 Å². The first-order valence-corrected chi connectivity index (χ1v) is 5.09. The Hall–Kier alpha value is -1.26. The van der Waals surface area contributed by atoms with Crippen LogP contribution in [-0.2, 0) is 0 Å². The number of benzene rings is 1. The zero-order chi connectivity index (χ0) is 11.1. The highest BCUT2D eigenvalue weighted by atomic mass is 16.5. The van der Waals surface area contributed by atoms with Crippen LogP contribution in [0, 0.1) is 0 Å². The lowest BCUT2D eigenvalue weighted by Gasteiger charge is -2.12. The maximum Gasteiger partial charge on any atom is 0.119 e. The zero-order valence-electron chi connectivity index (χ0n) is 8.94. The topological polar surface area (TPSA) is 67.5 Å². The molecule has 0 saturated heterocycles. The predicted octanol–water partition coefficient (Wildman–Crippen LogP) is 0.618. The van der Waals surface area contributed by atoms with Gasteiger partial charge in [-0.05, 0) is 30.8 Å². The van der Waals surface area contributed by atoms with Crippen LogP contribution in [0.4, 0.5) is 5.69 Å². The van der Waals surface area contributed by atoms with E-state index >= 15 is 0 Å². The van der Waals surface area contributed by atoms with Gasteiger partial charge in [-0.3, -0.25) is 0 Å². The van der Waals surface area contributed by atoms with Crippen LogP contribution in [-0.4, -0.2) is 30.9 Å². The lowest BCUT2D eigenvalue weighted by Crippen LogP contribution is -2.31. The van der Waals surface area contributed by atoms with E-state index in [1.54, 1.807) is 24.3 Å². The van der Waals surface area contributed by atoms with Crippen LogP contribution in [0.5, 0.6) is 5.75 Å². The number of nitrogens with two attached hydrogens (primary N) is 1. The molecule has 4 nitrogen and oxygen atoms in total. The molecule has 0 aliphatic rings. The third kappa shape index (κ3) is 4.67. The van der Waals surface area contributed by atoms with E-state index in [1.807, 2.05) is 6.92 Å². The third-order valence-corrected chi connectivity index (χ3v) is 1.95. The van der Waals surface area contributed by atoms with Gasteiger partial charge in [0.15, 0.2) is 0 Å². The first-order chi connectivity index (χ1) is 7.22. The molecule has 0 fully saturated rings. The first kappa shape index (κ1) is 11.8. The number of nitrogen functional groups attached to an aromatic ring is 1. The van der Waals surface area contributed by atoms with Crippen LogP contribution >= 0.6 is 0 Å². The molecular weight excluding hydrogens is 192 g/mol. The average Bonchev–Trinajstić information content (AvgIpc) is 2.25. The summed E-state index contributed by atoms with van der Waals surface area (Å²) in [5.41, 5.74) is 6.24. The Morgan fingerprint density at radius 2 is 2.07 bits per heavy atom. The molecule has 0 aliphatic heterocycles. The van der Waals surface area contributed by atoms with Crippen molar-refractivity contribution in [3.8, 4) is 5.75 Å². The van der Waals surface area contributed by atoms with Crippen LogP contribution in [0.3, 0.4) is 0 Å². The Bertz CT molecular complexity index is 274. The smallest absolute Gasteiger partial charge is 0.119 e. The largest absolute Gasteiger partial charge is 0.491 e. The quantitative estimate of drug-likeness (QED) is 0.602. The van der Waals surface area contributed by atoms with Gasteiger partial charge in [-0.1, -0.05) is 6.92 Å². The van der Waals surface area contributed by atoms with E-state index in [-0.39, 0.29) is 6.61 Å². The number of hydrogen-bond donors (Lipinski definition) is 3. The molecule has 1 unspecified atom stereocenters. The number of rotatable bonds is 6. The minimum absolute atomic E-state index is 0.289. The van der Waals surface area contributed by atoms with Crippen molar-refractivity contribution in [1.29, 1.82) is 0 Å². The van der Waals surface area contributed by atoms with Gasteiger partial charge >= 0.3 is 0 Å². The van der Waals surface area contributed by atoms with Crippen molar-refractivity contribution >= 4 is 5.69 Å². The van der Waals surface area contributed by atoms with Gasteiger partial charge in [-0.2, -0.15) is 0 Å². The predicted molar refractivity (Wildman–Crippen MR) is 60.9 cm³/mol. The SMILES string of the molecule is CCNCC(O)COc1ccc(N)cc1. The lowest BCUT2D eigenvalue weighted by atomic mass is 10.3. The maximum absolute atomic E-state index is 9.48. The Kier molecular flexibility index (Phi) is 4.93. The molecule has 0 aromatic heterocycles. The molecule has 0 saturated carbocycles. The number of aliphatic hydroxyl groups excluding tert-OH is 1. The van der Waals surface area contributed by atoms with Crippen molar-refractivity contribution in [1.82, 2.24) is 5.32 Å².